The molecule has 3 aromatic rings. The van der Waals surface area contributed by atoms with Gasteiger partial charge >= 0.3 is 0 Å². The predicted molar refractivity (Wildman–Crippen MR) is 105 cm³/mol. The van der Waals surface area contributed by atoms with Gasteiger partial charge in [0.05, 0.1) is 6.54 Å². The highest BCUT2D eigenvalue weighted by atomic mass is 32.2. The summed E-state index contributed by atoms with van der Waals surface area (Å²) < 4.78 is 59.2. The van der Waals surface area contributed by atoms with Gasteiger partial charge < -0.3 is 4.52 Å². The number of hydrogen-bond donors (Lipinski definition) is 0. The van der Waals surface area contributed by atoms with E-state index in [2.05, 4.69) is 10.1 Å². The van der Waals surface area contributed by atoms with Gasteiger partial charge in [0.25, 0.3) is 0 Å². The van der Waals surface area contributed by atoms with Crippen LogP contribution in [-0.4, -0.2) is 53.9 Å². The lowest BCUT2D eigenvalue weighted by Crippen LogP contribution is -2.48. The zero-order chi connectivity index (χ0) is 21.3. The van der Waals surface area contributed by atoms with E-state index in [4.69, 9.17) is 4.52 Å². The molecule has 0 spiro atoms. The topological polar surface area (TPSA) is 79.5 Å². The Hall–Kier alpha value is -2.69. The van der Waals surface area contributed by atoms with Gasteiger partial charge in [-0.2, -0.15) is 9.29 Å². The van der Waals surface area contributed by atoms with Crippen LogP contribution >= 0.6 is 0 Å². The number of piperazine rings is 1. The van der Waals surface area contributed by atoms with Gasteiger partial charge in [-0.05, 0) is 25.1 Å². The average molecular weight is 434 g/mol. The minimum absolute atomic E-state index is 0.150. The number of hydrogen-bond acceptors (Lipinski definition) is 6. The molecule has 1 fully saturated rings. The molecule has 7 nitrogen and oxygen atoms in total. The number of aryl methyl sites for hydroxylation is 1. The van der Waals surface area contributed by atoms with E-state index in [1.807, 2.05) is 36.1 Å². The molecule has 0 amide bonds. The van der Waals surface area contributed by atoms with Gasteiger partial charge in [-0.15, -0.1) is 0 Å². The van der Waals surface area contributed by atoms with E-state index in [1.165, 1.54) is 0 Å². The van der Waals surface area contributed by atoms with E-state index in [-0.39, 0.29) is 13.1 Å². The van der Waals surface area contributed by atoms with E-state index in [0.29, 0.717) is 37.4 Å². The summed E-state index contributed by atoms with van der Waals surface area (Å²) in [6.07, 6.45) is 0. The zero-order valence-electron chi connectivity index (χ0n) is 16.3. The number of nitrogens with zero attached hydrogens (tertiary/aromatic N) is 4. The maximum Gasteiger partial charge on any atom is 0.246 e. The summed E-state index contributed by atoms with van der Waals surface area (Å²) >= 11 is 0. The summed E-state index contributed by atoms with van der Waals surface area (Å²) in [5, 5.41) is 4.00. The second kappa shape index (κ2) is 8.21. The van der Waals surface area contributed by atoms with Gasteiger partial charge in [0.1, 0.15) is 16.5 Å². The molecule has 0 atom stereocenters. The van der Waals surface area contributed by atoms with Crippen LogP contribution in [-0.2, 0) is 16.6 Å². The molecule has 0 aliphatic carbocycles. The normalized spacial score (nSPS) is 16.1. The SMILES string of the molecule is Cc1ccc(-c2noc(CN3CCN(S(=O)(=O)c4cc(F)ccc4F)CC3)n2)cc1. The molecule has 1 aliphatic rings. The summed E-state index contributed by atoms with van der Waals surface area (Å²) in [4.78, 5) is 5.73. The van der Waals surface area contributed by atoms with E-state index in [0.717, 1.165) is 27.6 Å². The van der Waals surface area contributed by atoms with Crippen molar-refractivity contribution in [1.29, 1.82) is 0 Å². The Balaban J connectivity index is 1.39. The lowest BCUT2D eigenvalue weighted by Gasteiger charge is -2.33. The van der Waals surface area contributed by atoms with Crippen molar-refractivity contribution in [2.45, 2.75) is 18.4 Å². The van der Waals surface area contributed by atoms with Gasteiger partial charge in [-0.1, -0.05) is 35.0 Å². The molecule has 0 unspecified atom stereocenters. The molecule has 0 bridgehead atoms. The first kappa shape index (κ1) is 20.6. The fraction of sp³-hybridized carbons (Fsp3) is 0.300. The van der Waals surface area contributed by atoms with Crippen molar-refractivity contribution in [2.24, 2.45) is 0 Å². The van der Waals surface area contributed by atoms with Crippen molar-refractivity contribution in [3.63, 3.8) is 0 Å². The largest absolute Gasteiger partial charge is 0.338 e. The Kier molecular flexibility index (Phi) is 5.63. The lowest BCUT2D eigenvalue weighted by atomic mass is 10.1. The van der Waals surface area contributed by atoms with Crippen molar-refractivity contribution < 1.29 is 21.7 Å². The van der Waals surface area contributed by atoms with Crippen molar-refractivity contribution in [1.82, 2.24) is 19.3 Å². The number of halogens is 2. The highest BCUT2D eigenvalue weighted by Crippen LogP contribution is 2.22. The summed E-state index contributed by atoms with van der Waals surface area (Å²) in [7, 11) is -4.11. The van der Waals surface area contributed by atoms with Crippen LogP contribution in [0.2, 0.25) is 0 Å². The first-order chi connectivity index (χ1) is 14.3. The van der Waals surface area contributed by atoms with Crippen LogP contribution in [0.1, 0.15) is 11.5 Å². The van der Waals surface area contributed by atoms with Crippen LogP contribution in [0.15, 0.2) is 51.9 Å². The standard InChI is InChI=1S/C20H20F2N4O3S/c1-14-2-4-15(5-3-14)20-23-19(29-24-20)13-25-8-10-26(11-9-25)30(27,28)18-12-16(21)6-7-17(18)22/h2-7,12H,8-11,13H2,1H3. The first-order valence-electron chi connectivity index (χ1n) is 9.40. The fourth-order valence-corrected chi connectivity index (χ4v) is 4.77. The van der Waals surface area contributed by atoms with Crippen LogP contribution in [0.3, 0.4) is 0 Å². The zero-order valence-corrected chi connectivity index (χ0v) is 17.1. The molecule has 10 heteroatoms. The predicted octanol–water partition coefficient (Wildman–Crippen LogP) is 2.83. The van der Waals surface area contributed by atoms with Crippen LogP contribution in [0.25, 0.3) is 11.4 Å². The van der Waals surface area contributed by atoms with Crippen LogP contribution in [0.4, 0.5) is 8.78 Å². The minimum Gasteiger partial charge on any atom is -0.338 e. The maximum atomic E-state index is 13.9. The van der Waals surface area contributed by atoms with Gasteiger partial charge in [-0.3, -0.25) is 4.90 Å². The third-order valence-corrected chi connectivity index (χ3v) is 6.89. The third kappa shape index (κ3) is 4.25. The summed E-state index contributed by atoms with van der Waals surface area (Å²) in [5.74, 6) is -0.839. The molecule has 0 saturated carbocycles. The number of rotatable bonds is 5. The molecule has 2 heterocycles. The molecule has 1 aromatic heterocycles. The van der Waals surface area contributed by atoms with Crippen LogP contribution in [0, 0.1) is 18.6 Å². The molecule has 1 aliphatic heterocycles. The molecule has 30 heavy (non-hydrogen) atoms. The number of aromatic nitrogens is 2. The summed E-state index contributed by atoms with van der Waals surface area (Å²) in [6, 6.07) is 10.2. The van der Waals surface area contributed by atoms with E-state index in [9.17, 15) is 17.2 Å². The third-order valence-electron chi connectivity index (χ3n) is 4.98. The molecular weight excluding hydrogens is 414 g/mol. The molecule has 1 saturated heterocycles. The van der Waals surface area contributed by atoms with Crippen molar-refractivity contribution >= 4 is 10.0 Å². The lowest BCUT2D eigenvalue weighted by molar-refractivity contribution is 0.163. The molecule has 2 aromatic carbocycles. The average Bonchev–Trinajstić information content (AvgIpc) is 3.19. The molecule has 158 valence electrons. The quantitative estimate of drug-likeness (QED) is 0.615. The van der Waals surface area contributed by atoms with Gasteiger partial charge in [0, 0.05) is 31.7 Å². The summed E-state index contributed by atoms with van der Waals surface area (Å²) in [6.45, 7) is 3.47. The van der Waals surface area contributed by atoms with Gasteiger partial charge in [0.2, 0.25) is 21.7 Å². The first-order valence-corrected chi connectivity index (χ1v) is 10.8. The number of benzene rings is 2. The van der Waals surface area contributed by atoms with E-state index < -0.39 is 26.6 Å². The van der Waals surface area contributed by atoms with Gasteiger partial charge in [-0.25, -0.2) is 17.2 Å². The highest BCUT2D eigenvalue weighted by molar-refractivity contribution is 7.89. The Labute approximate surface area is 173 Å². The Morgan fingerprint density at radius 1 is 1.03 bits per heavy atom. The minimum atomic E-state index is -4.11. The Bertz CT molecular complexity index is 1140. The molecule has 4 rings (SSSR count). The van der Waals surface area contributed by atoms with E-state index in [1.54, 1.807) is 0 Å². The van der Waals surface area contributed by atoms with Crippen molar-refractivity contribution in [2.75, 3.05) is 26.2 Å². The van der Waals surface area contributed by atoms with Gasteiger partial charge in [0.15, 0.2) is 0 Å². The monoisotopic (exact) mass is 434 g/mol. The van der Waals surface area contributed by atoms with Crippen LogP contribution in [0.5, 0.6) is 0 Å². The Morgan fingerprint density at radius 3 is 2.43 bits per heavy atom. The molecule has 0 N–H and O–H groups in total. The fourth-order valence-electron chi connectivity index (χ4n) is 3.27. The second-order valence-electron chi connectivity index (χ2n) is 7.13. The number of sulfonamides is 1. The van der Waals surface area contributed by atoms with E-state index >= 15 is 0 Å². The Morgan fingerprint density at radius 2 is 1.73 bits per heavy atom. The molecule has 0 radical (unpaired) electrons. The van der Waals surface area contributed by atoms with Crippen molar-refractivity contribution in [3.05, 3.63) is 65.6 Å². The van der Waals surface area contributed by atoms with Crippen LogP contribution < -0.4 is 0 Å². The second-order valence-corrected chi connectivity index (χ2v) is 9.04. The highest BCUT2D eigenvalue weighted by Gasteiger charge is 2.31. The maximum absolute atomic E-state index is 13.9. The molecular formula is C20H20F2N4O3S. The summed E-state index contributed by atoms with van der Waals surface area (Å²) in [5.41, 5.74) is 1.98. The van der Waals surface area contributed by atoms with Crippen molar-refractivity contribution in [3.8, 4) is 11.4 Å². The smallest absolute Gasteiger partial charge is 0.246 e.